The molecule has 0 saturated carbocycles. The Hall–Kier alpha value is -0.680. The van der Waals surface area contributed by atoms with E-state index in [1.165, 1.54) is 6.92 Å². The SMILES string of the molecule is C=C(C)C(=O)OP(=O)(O)OCC(CCCCC)[N+](C)(C)C. The molecule has 21 heavy (non-hydrogen) atoms. The van der Waals surface area contributed by atoms with Crippen molar-refractivity contribution in [3.63, 3.8) is 0 Å². The molecule has 0 aliphatic carbocycles. The van der Waals surface area contributed by atoms with Crippen molar-refractivity contribution in [3.8, 4) is 0 Å². The summed E-state index contributed by atoms with van der Waals surface area (Å²) in [6.07, 6.45) is 4.13. The standard InChI is InChI=1S/C14H28NO5P/c1-7-8-9-10-13(15(4,5)6)11-19-21(17,18)20-14(16)12(2)3/h13H,2,7-11H2,1,3-6H3/p+1. The van der Waals surface area contributed by atoms with E-state index < -0.39 is 13.8 Å². The number of phosphoric ester groups is 1. The number of nitrogens with zero attached hydrogens (tertiary/aromatic N) is 1. The van der Waals surface area contributed by atoms with Crippen molar-refractivity contribution in [1.82, 2.24) is 0 Å². The summed E-state index contributed by atoms with van der Waals surface area (Å²) in [5.41, 5.74) is 0.0546. The van der Waals surface area contributed by atoms with Crippen LogP contribution in [0, 0.1) is 0 Å². The van der Waals surface area contributed by atoms with Gasteiger partial charge < -0.3 is 9.01 Å². The zero-order chi connectivity index (χ0) is 16.7. The summed E-state index contributed by atoms with van der Waals surface area (Å²) in [7, 11) is 1.62. The van der Waals surface area contributed by atoms with E-state index in [0.29, 0.717) is 4.48 Å². The van der Waals surface area contributed by atoms with Gasteiger partial charge in [0.2, 0.25) is 0 Å². The van der Waals surface area contributed by atoms with Gasteiger partial charge in [-0.25, -0.2) is 9.36 Å². The molecule has 0 heterocycles. The average molecular weight is 322 g/mol. The Morgan fingerprint density at radius 1 is 1.33 bits per heavy atom. The van der Waals surface area contributed by atoms with Crippen molar-refractivity contribution in [2.75, 3.05) is 27.7 Å². The lowest BCUT2D eigenvalue weighted by molar-refractivity contribution is -0.896. The van der Waals surface area contributed by atoms with Gasteiger partial charge in [0.05, 0.1) is 21.1 Å². The Kier molecular flexibility index (Phi) is 8.41. The largest absolute Gasteiger partial charge is 0.530 e. The monoisotopic (exact) mass is 322 g/mol. The molecule has 0 fully saturated rings. The van der Waals surface area contributed by atoms with Crippen molar-refractivity contribution in [1.29, 1.82) is 0 Å². The molecule has 0 saturated heterocycles. The van der Waals surface area contributed by atoms with E-state index in [-0.39, 0.29) is 18.2 Å². The molecular weight excluding hydrogens is 293 g/mol. The Labute approximate surface area is 127 Å². The molecule has 0 aromatic carbocycles. The third kappa shape index (κ3) is 9.04. The lowest BCUT2D eigenvalue weighted by atomic mass is 10.1. The smallest absolute Gasteiger partial charge is 0.367 e. The number of hydrogen-bond acceptors (Lipinski definition) is 4. The van der Waals surface area contributed by atoms with E-state index in [2.05, 4.69) is 18.0 Å². The van der Waals surface area contributed by atoms with Gasteiger partial charge in [-0.2, -0.15) is 0 Å². The first-order valence-electron chi connectivity index (χ1n) is 7.17. The summed E-state index contributed by atoms with van der Waals surface area (Å²) in [5, 5.41) is 0. The average Bonchev–Trinajstić information content (AvgIpc) is 2.31. The van der Waals surface area contributed by atoms with Crippen LogP contribution in [0.25, 0.3) is 0 Å². The second kappa shape index (κ2) is 8.69. The third-order valence-corrected chi connectivity index (χ3v) is 4.09. The maximum atomic E-state index is 11.7. The minimum atomic E-state index is -4.39. The van der Waals surface area contributed by atoms with Crippen LogP contribution in [0.4, 0.5) is 0 Å². The lowest BCUT2D eigenvalue weighted by Gasteiger charge is -2.34. The van der Waals surface area contributed by atoms with Crippen LogP contribution in [0.2, 0.25) is 0 Å². The van der Waals surface area contributed by atoms with Crippen molar-refractivity contribution < 1.29 is 27.8 Å². The molecule has 0 aromatic heterocycles. The number of phosphoric acid groups is 1. The predicted octanol–water partition coefficient (Wildman–Crippen LogP) is 2.88. The topological polar surface area (TPSA) is 72.8 Å². The summed E-state index contributed by atoms with van der Waals surface area (Å²) in [4.78, 5) is 20.8. The molecule has 0 radical (unpaired) electrons. The Morgan fingerprint density at radius 2 is 1.90 bits per heavy atom. The second-order valence-electron chi connectivity index (χ2n) is 6.19. The molecule has 0 aliphatic heterocycles. The lowest BCUT2D eigenvalue weighted by Crippen LogP contribution is -2.47. The number of rotatable bonds is 10. The number of carbonyl (C=O) groups excluding carboxylic acids is 1. The molecule has 6 nitrogen and oxygen atoms in total. The van der Waals surface area contributed by atoms with Crippen LogP contribution in [0.1, 0.15) is 39.5 Å². The highest BCUT2D eigenvalue weighted by atomic mass is 31.2. The summed E-state index contributed by atoms with van der Waals surface area (Å²) in [6.45, 7) is 6.94. The summed E-state index contributed by atoms with van der Waals surface area (Å²) in [6, 6.07) is 0.0561. The minimum Gasteiger partial charge on any atom is -0.367 e. The summed E-state index contributed by atoms with van der Waals surface area (Å²) < 4.78 is 21.8. The zero-order valence-electron chi connectivity index (χ0n) is 13.8. The summed E-state index contributed by atoms with van der Waals surface area (Å²) >= 11 is 0. The second-order valence-corrected chi connectivity index (χ2v) is 7.57. The van der Waals surface area contributed by atoms with Gasteiger partial charge in [0.25, 0.3) is 0 Å². The fourth-order valence-electron chi connectivity index (χ4n) is 1.71. The molecule has 2 unspecified atom stereocenters. The van der Waals surface area contributed by atoms with Gasteiger partial charge in [0.1, 0.15) is 12.6 Å². The molecular formula is C14H29NO5P+. The highest BCUT2D eigenvalue weighted by Crippen LogP contribution is 2.44. The van der Waals surface area contributed by atoms with Gasteiger partial charge in [-0.1, -0.05) is 26.3 Å². The van der Waals surface area contributed by atoms with E-state index in [1.54, 1.807) is 0 Å². The highest BCUT2D eigenvalue weighted by Gasteiger charge is 2.31. The molecule has 0 spiro atoms. The van der Waals surface area contributed by atoms with E-state index in [9.17, 15) is 14.3 Å². The molecule has 124 valence electrons. The van der Waals surface area contributed by atoms with Crippen LogP contribution < -0.4 is 0 Å². The quantitative estimate of drug-likeness (QED) is 0.290. The van der Waals surface area contributed by atoms with Gasteiger partial charge >= 0.3 is 13.8 Å². The van der Waals surface area contributed by atoms with Crippen molar-refractivity contribution in [2.45, 2.75) is 45.6 Å². The van der Waals surface area contributed by atoms with Gasteiger partial charge in [0.15, 0.2) is 0 Å². The van der Waals surface area contributed by atoms with Crippen LogP contribution >= 0.6 is 7.82 Å². The number of hydrogen-bond donors (Lipinski definition) is 1. The first-order valence-corrected chi connectivity index (χ1v) is 8.67. The van der Waals surface area contributed by atoms with Gasteiger partial charge in [-0.15, -0.1) is 0 Å². The molecule has 0 aromatic rings. The fraction of sp³-hybridized carbons (Fsp3) is 0.786. The Morgan fingerprint density at radius 3 is 2.33 bits per heavy atom. The van der Waals surface area contributed by atoms with E-state index >= 15 is 0 Å². The van der Waals surface area contributed by atoms with Crippen molar-refractivity contribution in [2.24, 2.45) is 0 Å². The first kappa shape index (κ1) is 20.3. The Balaban J connectivity index is 4.55. The molecule has 1 N–H and O–H groups in total. The number of likely N-dealkylation sites (N-methyl/N-ethyl adjacent to an activating group) is 1. The van der Waals surface area contributed by atoms with Crippen LogP contribution in [0.15, 0.2) is 12.2 Å². The molecule has 0 aliphatic rings. The van der Waals surface area contributed by atoms with Crippen LogP contribution in [-0.4, -0.2) is 49.1 Å². The predicted molar refractivity (Wildman–Crippen MR) is 82.6 cm³/mol. The number of unbranched alkanes of at least 4 members (excludes halogenated alkanes) is 2. The Bertz CT molecular complexity index is 403. The molecule has 0 bridgehead atoms. The molecule has 7 heteroatoms. The minimum absolute atomic E-state index is 0.0546. The molecule has 2 atom stereocenters. The van der Waals surface area contributed by atoms with Crippen LogP contribution in [0.3, 0.4) is 0 Å². The van der Waals surface area contributed by atoms with Gasteiger partial charge in [0, 0.05) is 12.0 Å². The molecule has 0 amide bonds. The normalized spacial score (nSPS) is 16.1. The van der Waals surface area contributed by atoms with Crippen LogP contribution in [-0.2, 0) is 18.4 Å². The van der Waals surface area contributed by atoms with E-state index in [4.69, 9.17) is 4.52 Å². The maximum Gasteiger partial charge on any atom is 0.530 e. The van der Waals surface area contributed by atoms with Gasteiger partial charge in [-0.3, -0.25) is 9.42 Å². The zero-order valence-corrected chi connectivity index (χ0v) is 14.7. The molecule has 0 rings (SSSR count). The number of quaternary nitrogens is 1. The van der Waals surface area contributed by atoms with Crippen LogP contribution in [0.5, 0.6) is 0 Å². The summed E-state index contributed by atoms with van der Waals surface area (Å²) in [5.74, 6) is -0.923. The first-order chi connectivity index (χ1) is 9.49. The van der Waals surface area contributed by atoms with Crippen molar-refractivity contribution >= 4 is 13.8 Å². The fourth-order valence-corrected chi connectivity index (χ4v) is 2.49. The third-order valence-electron chi connectivity index (χ3n) is 3.21. The highest BCUT2D eigenvalue weighted by molar-refractivity contribution is 7.48. The van der Waals surface area contributed by atoms with E-state index in [1.807, 2.05) is 21.1 Å². The van der Waals surface area contributed by atoms with E-state index in [0.717, 1.165) is 25.7 Å². The van der Waals surface area contributed by atoms with Gasteiger partial charge in [-0.05, 0) is 13.3 Å². The maximum absolute atomic E-state index is 11.7. The number of carbonyl (C=O) groups is 1. The van der Waals surface area contributed by atoms with Crippen molar-refractivity contribution in [3.05, 3.63) is 12.2 Å².